The first-order valence-corrected chi connectivity index (χ1v) is 11.0. The third-order valence-electron chi connectivity index (χ3n) is 4.68. The summed E-state index contributed by atoms with van der Waals surface area (Å²) >= 11 is 17.9. The van der Waals surface area contributed by atoms with Gasteiger partial charge in [0.2, 0.25) is 0 Å². The minimum absolute atomic E-state index is 0.275. The minimum atomic E-state index is -4.70. The van der Waals surface area contributed by atoms with Gasteiger partial charge in [0.25, 0.3) is 0 Å². The Hall–Kier alpha value is -3.06. The molecular formula is C25H14Cl3F3N2O. The van der Waals surface area contributed by atoms with Crippen molar-refractivity contribution in [2.24, 2.45) is 0 Å². The molecule has 0 atom stereocenters. The number of aromatic nitrogens is 2. The van der Waals surface area contributed by atoms with E-state index in [-0.39, 0.29) is 5.75 Å². The average Bonchev–Trinajstić information content (AvgIpc) is 2.79. The van der Waals surface area contributed by atoms with E-state index in [9.17, 15) is 13.2 Å². The normalized spacial score (nSPS) is 11.2. The lowest BCUT2D eigenvalue weighted by molar-refractivity contribution is -0.274. The number of nitrogens with zero attached hydrogens (tertiary/aromatic N) is 2. The fourth-order valence-corrected chi connectivity index (χ4v) is 3.99. The molecule has 3 nitrogen and oxygen atoms in total. The molecule has 0 spiro atoms. The van der Waals surface area contributed by atoms with Gasteiger partial charge < -0.3 is 4.74 Å². The summed E-state index contributed by atoms with van der Waals surface area (Å²) in [6.45, 7) is 0. The summed E-state index contributed by atoms with van der Waals surface area (Å²) in [5.74, 6) is -0.275. The van der Waals surface area contributed by atoms with Crippen molar-refractivity contribution >= 4 is 56.6 Å². The summed E-state index contributed by atoms with van der Waals surface area (Å²) in [5, 5.41) is 3.37. The first kappa shape index (κ1) is 24.1. The van der Waals surface area contributed by atoms with Gasteiger partial charge in [-0.3, -0.25) is 0 Å². The molecule has 34 heavy (non-hydrogen) atoms. The van der Waals surface area contributed by atoms with E-state index in [1.165, 1.54) is 24.3 Å². The molecule has 5 aromatic rings. The third-order valence-corrected chi connectivity index (χ3v) is 5.50. The van der Waals surface area contributed by atoms with Crippen LogP contribution in [-0.2, 0) is 0 Å². The van der Waals surface area contributed by atoms with Crippen LogP contribution < -0.4 is 4.74 Å². The zero-order valence-electron chi connectivity index (χ0n) is 17.2. The molecule has 5 rings (SSSR count). The monoisotopic (exact) mass is 520 g/mol. The number of benzene rings is 3. The maximum atomic E-state index is 12.1. The van der Waals surface area contributed by atoms with Gasteiger partial charge in [0, 0.05) is 16.3 Å². The van der Waals surface area contributed by atoms with Crippen molar-refractivity contribution in [3.8, 4) is 17.0 Å². The lowest BCUT2D eigenvalue weighted by Gasteiger charge is -2.09. The molecule has 9 heteroatoms. The molecule has 0 bridgehead atoms. The molecule has 2 heterocycles. The number of halogens is 6. The molecule has 3 aromatic carbocycles. The van der Waals surface area contributed by atoms with Crippen LogP contribution in [0.3, 0.4) is 0 Å². The van der Waals surface area contributed by atoms with E-state index in [1.54, 1.807) is 12.1 Å². The van der Waals surface area contributed by atoms with Crippen LogP contribution in [0.5, 0.6) is 5.75 Å². The van der Waals surface area contributed by atoms with Crippen molar-refractivity contribution < 1.29 is 17.9 Å². The Morgan fingerprint density at radius 3 is 1.76 bits per heavy atom. The largest absolute Gasteiger partial charge is 0.573 e. The van der Waals surface area contributed by atoms with Crippen LogP contribution >= 0.6 is 34.8 Å². The molecule has 172 valence electrons. The smallest absolute Gasteiger partial charge is 0.406 e. The zero-order chi connectivity index (χ0) is 24.3. The number of pyridine rings is 2. The van der Waals surface area contributed by atoms with Gasteiger partial charge in [0.15, 0.2) is 0 Å². The van der Waals surface area contributed by atoms with Gasteiger partial charge in [-0.15, -0.1) is 13.2 Å². The number of rotatable bonds is 2. The SMILES string of the molecule is Clc1cc(Cl)c2ccccc2n1.FC(F)(F)Oc1ccc(-c2cc(Cl)c3ccccc3n2)cc1. The van der Waals surface area contributed by atoms with Crippen molar-refractivity contribution in [1.29, 1.82) is 0 Å². The molecular weight excluding hydrogens is 508 g/mol. The molecule has 0 aliphatic carbocycles. The third kappa shape index (κ3) is 5.89. The van der Waals surface area contributed by atoms with Crippen molar-refractivity contribution in [2.75, 3.05) is 0 Å². The van der Waals surface area contributed by atoms with E-state index in [0.29, 0.717) is 26.5 Å². The average molecular weight is 522 g/mol. The van der Waals surface area contributed by atoms with Crippen molar-refractivity contribution in [2.45, 2.75) is 6.36 Å². The highest BCUT2D eigenvalue weighted by Crippen LogP contribution is 2.30. The Kier molecular flexibility index (Phi) is 7.12. The van der Waals surface area contributed by atoms with E-state index in [2.05, 4.69) is 14.7 Å². The van der Waals surface area contributed by atoms with Crippen LogP contribution in [-0.4, -0.2) is 16.3 Å². The van der Waals surface area contributed by atoms with Crippen molar-refractivity contribution in [3.63, 3.8) is 0 Å². The van der Waals surface area contributed by atoms with E-state index >= 15 is 0 Å². The van der Waals surface area contributed by atoms with Gasteiger partial charge in [-0.1, -0.05) is 71.2 Å². The lowest BCUT2D eigenvalue weighted by atomic mass is 10.1. The Morgan fingerprint density at radius 1 is 0.647 bits per heavy atom. The fourth-order valence-electron chi connectivity index (χ4n) is 3.21. The molecule has 0 aliphatic heterocycles. The summed E-state index contributed by atoms with van der Waals surface area (Å²) in [6, 6.07) is 23.8. The highest BCUT2D eigenvalue weighted by atomic mass is 35.5. The van der Waals surface area contributed by atoms with Crippen LogP contribution in [0.1, 0.15) is 0 Å². The molecule has 0 N–H and O–H groups in total. The minimum Gasteiger partial charge on any atom is -0.406 e. The van der Waals surface area contributed by atoms with Crippen LogP contribution in [0, 0.1) is 0 Å². The Balaban J connectivity index is 0.000000192. The number of ether oxygens (including phenoxy) is 1. The molecule has 2 aromatic heterocycles. The predicted octanol–water partition coefficient (Wildman–Crippen LogP) is 9.00. The Bertz CT molecular complexity index is 1460. The summed E-state index contributed by atoms with van der Waals surface area (Å²) in [7, 11) is 0. The maximum absolute atomic E-state index is 12.1. The second-order valence-corrected chi connectivity index (χ2v) is 8.22. The second kappa shape index (κ2) is 10.1. The van der Waals surface area contributed by atoms with E-state index < -0.39 is 6.36 Å². The fraction of sp³-hybridized carbons (Fsp3) is 0.0400. The molecule has 0 amide bonds. The van der Waals surface area contributed by atoms with Gasteiger partial charge in [0.05, 0.1) is 26.8 Å². The van der Waals surface area contributed by atoms with E-state index in [1.807, 2.05) is 48.5 Å². The molecule has 0 aliphatic rings. The second-order valence-electron chi connectivity index (χ2n) is 7.02. The number of fused-ring (bicyclic) bond motifs is 2. The van der Waals surface area contributed by atoms with E-state index in [0.717, 1.165) is 21.8 Å². The first-order chi connectivity index (χ1) is 16.2. The molecule has 0 fully saturated rings. The number of hydrogen-bond acceptors (Lipinski definition) is 3. The Labute approximate surface area is 207 Å². The maximum Gasteiger partial charge on any atom is 0.573 e. The Morgan fingerprint density at radius 2 is 1.18 bits per heavy atom. The first-order valence-electron chi connectivity index (χ1n) is 9.82. The summed E-state index contributed by atoms with van der Waals surface area (Å²) < 4.78 is 40.3. The quantitative estimate of drug-likeness (QED) is 0.217. The van der Waals surface area contributed by atoms with Gasteiger partial charge >= 0.3 is 6.36 Å². The van der Waals surface area contributed by atoms with Crippen LogP contribution in [0.25, 0.3) is 33.1 Å². The van der Waals surface area contributed by atoms with Gasteiger partial charge in [0.1, 0.15) is 10.9 Å². The topological polar surface area (TPSA) is 35.0 Å². The van der Waals surface area contributed by atoms with Crippen LogP contribution in [0.4, 0.5) is 13.2 Å². The van der Waals surface area contributed by atoms with E-state index in [4.69, 9.17) is 34.8 Å². The summed E-state index contributed by atoms with van der Waals surface area (Å²) in [4.78, 5) is 8.58. The van der Waals surface area contributed by atoms with Gasteiger partial charge in [-0.05, 0) is 48.5 Å². The van der Waals surface area contributed by atoms with Gasteiger partial charge in [-0.2, -0.15) is 0 Å². The number of hydrogen-bond donors (Lipinski definition) is 0. The molecule has 0 saturated heterocycles. The van der Waals surface area contributed by atoms with Crippen molar-refractivity contribution in [1.82, 2.24) is 9.97 Å². The highest BCUT2D eigenvalue weighted by Gasteiger charge is 2.31. The van der Waals surface area contributed by atoms with Gasteiger partial charge in [-0.25, -0.2) is 9.97 Å². The number of alkyl halides is 3. The standard InChI is InChI=1S/C16H9ClF3NO.C9H5Cl2N/c17-13-9-15(21-14-4-2-1-3-12(13)14)10-5-7-11(8-6-10)22-16(18,19)20;10-7-5-9(11)12-8-4-2-1-3-6(7)8/h1-9H;1-5H. The van der Waals surface area contributed by atoms with Crippen molar-refractivity contribution in [3.05, 3.63) is 100 Å². The van der Waals surface area contributed by atoms with Crippen LogP contribution in [0.2, 0.25) is 15.2 Å². The summed E-state index contributed by atoms with van der Waals surface area (Å²) in [6.07, 6.45) is -4.70. The zero-order valence-corrected chi connectivity index (χ0v) is 19.4. The lowest BCUT2D eigenvalue weighted by Crippen LogP contribution is -2.16. The molecule has 0 unspecified atom stereocenters. The molecule has 0 radical (unpaired) electrons. The number of para-hydroxylation sites is 2. The molecule has 0 saturated carbocycles. The van der Waals surface area contributed by atoms with Crippen LogP contribution in [0.15, 0.2) is 84.9 Å². The highest BCUT2D eigenvalue weighted by molar-refractivity contribution is 6.37. The summed E-state index contributed by atoms with van der Waals surface area (Å²) in [5.41, 5.74) is 2.79. The predicted molar refractivity (Wildman–Crippen MR) is 131 cm³/mol.